The fourth-order valence-corrected chi connectivity index (χ4v) is 1.20. The van der Waals surface area contributed by atoms with Gasteiger partial charge >= 0.3 is 0 Å². The second kappa shape index (κ2) is 2.66. The number of allylic oxidation sites excluding steroid dienone is 1. The highest BCUT2D eigenvalue weighted by Gasteiger charge is 2.23. The SMILES string of the molecule is C=C1NN=CC(C)=C1NC1CC1. The second-order valence-electron chi connectivity index (χ2n) is 3.33. The van der Waals surface area contributed by atoms with Gasteiger partial charge in [-0.2, -0.15) is 5.10 Å². The molecule has 2 rings (SSSR count). The van der Waals surface area contributed by atoms with Gasteiger partial charge in [0.2, 0.25) is 0 Å². The van der Waals surface area contributed by atoms with Crippen LogP contribution in [-0.2, 0) is 0 Å². The number of hydrogen-bond acceptors (Lipinski definition) is 3. The molecule has 0 unspecified atom stereocenters. The van der Waals surface area contributed by atoms with Crippen LogP contribution in [0.25, 0.3) is 0 Å². The van der Waals surface area contributed by atoms with Crippen molar-refractivity contribution in [3.8, 4) is 0 Å². The van der Waals surface area contributed by atoms with Gasteiger partial charge in [-0.05, 0) is 25.3 Å². The van der Waals surface area contributed by atoms with Gasteiger partial charge in [0.15, 0.2) is 0 Å². The molecule has 0 saturated heterocycles. The Morgan fingerprint density at radius 1 is 1.67 bits per heavy atom. The van der Waals surface area contributed by atoms with Crippen molar-refractivity contribution in [3.05, 3.63) is 23.5 Å². The Kier molecular flexibility index (Phi) is 1.64. The predicted molar refractivity (Wildman–Crippen MR) is 49.6 cm³/mol. The first-order chi connectivity index (χ1) is 5.77. The third kappa shape index (κ3) is 1.35. The Labute approximate surface area is 72.2 Å². The van der Waals surface area contributed by atoms with E-state index in [9.17, 15) is 0 Å². The number of hydrogen-bond donors (Lipinski definition) is 2. The molecule has 12 heavy (non-hydrogen) atoms. The molecule has 0 atom stereocenters. The molecule has 64 valence electrons. The molecular weight excluding hydrogens is 150 g/mol. The maximum absolute atomic E-state index is 3.94. The monoisotopic (exact) mass is 163 g/mol. The third-order valence-corrected chi connectivity index (χ3v) is 2.08. The van der Waals surface area contributed by atoms with Gasteiger partial charge in [0, 0.05) is 6.04 Å². The summed E-state index contributed by atoms with van der Waals surface area (Å²) >= 11 is 0. The first-order valence-electron chi connectivity index (χ1n) is 4.23. The highest BCUT2D eigenvalue weighted by atomic mass is 15.3. The summed E-state index contributed by atoms with van der Waals surface area (Å²) in [5.41, 5.74) is 6.00. The average molecular weight is 163 g/mol. The highest BCUT2D eigenvalue weighted by Crippen LogP contribution is 2.23. The molecule has 1 saturated carbocycles. The number of rotatable bonds is 2. The lowest BCUT2D eigenvalue weighted by molar-refractivity contribution is 0.757. The molecule has 2 aliphatic rings. The van der Waals surface area contributed by atoms with E-state index in [2.05, 4.69) is 22.4 Å². The van der Waals surface area contributed by atoms with Gasteiger partial charge in [-0.3, -0.25) is 5.43 Å². The van der Waals surface area contributed by atoms with Crippen LogP contribution >= 0.6 is 0 Å². The maximum atomic E-state index is 3.94. The largest absolute Gasteiger partial charge is 0.380 e. The van der Waals surface area contributed by atoms with Crippen molar-refractivity contribution in [1.29, 1.82) is 0 Å². The van der Waals surface area contributed by atoms with E-state index >= 15 is 0 Å². The fraction of sp³-hybridized carbons (Fsp3) is 0.444. The topological polar surface area (TPSA) is 36.4 Å². The molecule has 0 radical (unpaired) electrons. The molecule has 1 aliphatic heterocycles. The summed E-state index contributed by atoms with van der Waals surface area (Å²) in [7, 11) is 0. The molecule has 0 bridgehead atoms. The quantitative estimate of drug-likeness (QED) is 0.640. The number of nitrogens with zero attached hydrogens (tertiary/aromatic N) is 1. The molecule has 1 fully saturated rings. The molecule has 0 aromatic carbocycles. The summed E-state index contributed by atoms with van der Waals surface area (Å²) in [4.78, 5) is 0. The van der Waals surface area contributed by atoms with Gasteiger partial charge in [0.25, 0.3) is 0 Å². The summed E-state index contributed by atoms with van der Waals surface area (Å²) < 4.78 is 0. The predicted octanol–water partition coefficient (Wildman–Crippen LogP) is 1.12. The minimum atomic E-state index is 0.667. The van der Waals surface area contributed by atoms with Gasteiger partial charge in [0.05, 0.1) is 17.6 Å². The first kappa shape index (κ1) is 7.40. The zero-order valence-corrected chi connectivity index (χ0v) is 7.22. The normalized spacial score (nSPS) is 22.6. The van der Waals surface area contributed by atoms with E-state index in [4.69, 9.17) is 0 Å². The Morgan fingerprint density at radius 3 is 3.00 bits per heavy atom. The fourth-order valence-electron chi connectivity index (χ4n) is 1.20. The maximum Gasteiger partial charge on any atom is 0.0724 e. The molecule has 0 aromatic rings. The lowest BCUT2D eigenvalue weighted by atomic mass is 10.2. The zero-order valence-electron chi connectivity index (χ0n) is 7.22. The van der Waals surface area contributed by atoms with Crippen LogP contribution in [0, 0.1) is 0 Å². The van der Waals surface area contributed by atoms with Gasteiger partial charge in [-0.15, -0.1) is 0 Å². The summed E-state index contributed by atoms with van der Waals surface area (Å²) in [6.07, 6.45) is 4.38. The van der Waals surface area contributed by atoms with E-state index in [0.717, 1.165) is 17.0 Å². The van der Waals surface area contributed by atoms with Crippen LogP contribution in [0.5, 0.6) is 0 Å². The molecular formula is C9H13N3. The van der Waals surface area contributed by atoms with E-state index in [0.29, 0.717) is 6.04 Å². The van der Waals surface area contributed by atoms with E-state index in [1.807, 2.05) is 13.1 Å². The second-order valence-corrected chi connectivity index (χ2v) is 3.33. The Bertz CT molecular complexity index is 271. The molecule has 0 aromatic heterocycles. The van der Waals surface area contributed by atoms with Crippen LogP contribution in [0.1, 0.15) is 19.8 Å². The standard InChI is InChI=1S/C9H13N3/c1-6-5-10-12-7(2)9(6)11-8-3-4-8/h5,8,11-12H,2-4H2,1H3. The van der Waals surface area contributed by atoms with Gasteiger partial charge in [-0.25, -0.2) is 0 Å². The Balaban J connectivity index is 2.15. The smallest absolute Gasteiger partial charge is 0.0724 e. The molecule has 3 nitrogen and oxygen atoms in total. The summed E-state index contributed by atoms with van der Waals surface area (Å²) in [6, 6.07) is 0.667. The highest BCUT2D eigenvalue weighted by molar-refractivity contribution is 5.81. The van der Waals surface area contributed by atoms with E-state index < -0.39 is 0 Å². The van der Waals surface area contributed by atoms with Gasteiger partial charge < -0.3 is 5.32 Å². The van der Waals surface area contributed by atoms with Crippen LogP contribution in [0.15, 0.2) is 28.6 Å². The van der Waals surface area contributed by atoms with Crippen molar-refractivity contribution in [2.45, 2.75) is 25.8 Å². The van der Waals surface area contributed by atoms with Crippen molar-refractivity contribution < 1.29 is 0 Å². The van der Waals surface area contributed by atoms with Gasteiger partial charge in [0.1, 0.15) is 0 Å². The minimum Gasteiger partial charge on any atom is -0.380 e. The van der Waals surface area contributed by atoms with Crippen molar-refractivity contribution in [1.82, 2.24) is 10.7 Å². The van der Waals surface area contributed by atoms with E-state index in [1.54, 1.807) is 0 Å². The van der Waals surface area contributed by atoms with Crippen LogP contribution in [0.4, 0.5) is 0 Å². The summed E-state index contributed by atoms with van der Waals surface area (Å²) in [6.45, 7) is 5.92. The average Bonchev–Trinajstić information content (AvgIpc) is 2.80. The molecule has 3 heteroatoms. The van der Waals surface area contributed by atoms with Crippen molar-refractivity contribution >= 4 is 6.21 Å². The summed E-state index contributed by atoms with van der Waals surface area (Å²) in [5.74, 6) is 0. The third-order valence-electron chi connectivity index (χ3n) is 2.08. The molecule has 0 amide bonds. The molecule has 1 aliphatic carbocycles. The van der Waals surface area contributed by atoms with Crippen LogP contribution < -0.4 is 10.7 Å². The lowest BCUT2D eigenvalue weighted by Crippen LogP contribution is -2.26. The lowest BCUT2D eigenvalue weighted by Gasteiger charge is -2.17. The molecule has 1 heterocycles. The first-order valence-corrected chi connectivity index (χ1v) is 4.23. The van der Waals surface area contributed by atoms with Gasteiger partial charge in [-0.1, -0.05) is 6.58 Å². The van der Waals surface area contributed by atoms with Crippen molar-refractivity contribution in [2.24, 2.45) is 5.10 Å². The number of nitrogens with one attached hydrogen (secondary N) is 2. The van der Waals surface area contributed by atoms with E-state index in [-0.39, 0.29) is 0 Å². The Morgan fingerprint density at radius 2 is 2.42 bits per heavy atom. The number of hydrazone groups is 1. The van der Waals surface area contributed by atoms with Crippen molar-refractivity contribution in [3.63, 3.8) is 0 Å². The van der Waals surface area contributed by atoms with Crippen LogP contribution in [0.2, 0.25) is 0 Å². The Hall–Kier alpha value is -1.25. The van der Waals surface area contributed by atoms with Crippen molar-refractivity contribution in [2.75, 3.05) is 0 Å². The minimum absolute atomic E-state index is 0.667. The molecule has 2 N–H and O–H groups in total. The zero-order chi connectivity index (χ0) is 8.55. The van der Waals surface area contributed by atoms with Crippen LogP contribution in [0.3, 0.4) is 0 Å². The van der Waals surface area contributed by atoms with Crippen LogP contribution in [-0.4, -0.2) is 12.3 Å². The summed E-state index contributed by atoms with van der Waals surface area (Å²) in [5, 5.41) is 7.36. The van der Waals surface area contributed by atoms with E-state index in [1.165, 1.54) is 12.8 Å². The molecule has 0 spiro atoms.